The Bertz CT molecular complexity index is 580. The maximum absolute atomic E-state index is 11.5. The predicted octanol–water partition coefficient (Wildman–Crippen LogP) is 0.512. The molecule has 0 aliphatic rings. The maximum Gasteiger partial charge on any atom is 0.274 e. The van der Waals surface area contributed by atoms with Gasteiger partial charge < -0.3 is 5.11 Å². The first-order valence-corrected chi connectivity index (χ1v) is 6.57. The normalized spacial score (nSPS) is 12.4. The summed E-state index contributed by atoms with van der Waals surface area (Å²) in [6.07, 6.45) is 0. The fourth-order valence-corrected chi connectivity index (χ4v) is 2.60. The van der Waals surface area contributed by atoms with Crippen LogP contribution in [0.2, 0.25) is 0 Å². The number of nitro groups is 1. The molecule has 1 rings (SSSR count). The number of nitrogens with zero attached hydrogens (tertiary/aromatic N) is 1. The van der Waals surface area contributed by atoms with E-state index in [0.29, 0.717) is 0 Å². The van der Waals surface area contributed by atoms with Gasteiger partial charge in [-0.2, -0.15) is 0 Å². The highest BCUT2D eigenvalue weighted by molar-refractivity contribution is 7.89. The van der Waals surface area contributed by atoms with Gasteiger partial charge in [-0.05, 0) is 6.07 Å². The van der Waals surface area contributed by atoms with Crippen molar-refractivity contribution in [3.63, 3.8) is 0 Å². The summed E-state index contributed by atoms with van der Waals surface area (Å²) in [5.41, 5.74) is -1.55. The van der Waals surface area contributed by atoms with Crippen molar-refractivity contribution < 1.29 is 18.4 Å². The number of benzene rings is 1. The molecule has 0 fully saturated rings. The molecule has 0 aromatic heterocycles. The van der Waals surface area contributed by atoms with Crippen LogP contribution in [-0.4, -0.2) is 25.1 Å². The van der Waals surface area contributed by atoms with Crippen molar-refractivity contribution in [3.05, 3.63) is 33.9 Å². The molecule has 0 unspecified atom stereocenters. The van der Waals surface area contributed by atoms with Gasteiger partial charge in [0.15, 0.2) is 0 Å². The van der Waals surface area contributed by atoms with Crippen LogP contribution in [0.1, 0.15) is 19.4 Å². The first kappa shape index (κ1) is 14.6. The number of primary sulfonamides is 1. The van der Waals surface area contributed by atoms with Crippen molar-refractivity contribution in [3.8, 4) is 0 Å². The molecule has 0 bridgehead atoms. The van der Waals surface area contributed by atoms with Crippen molar-refractivity contribution in [2.24, 2.45) is 5.14 Å². The Labute approximate surface area is 104 Å². The number of aliphatic hydroxyl groups excluding tert-OH is 1. The summed E-state index contributed by atoms with van der Waals surface area (Å²) < 4.78 is 22.9. The van der Waals surface area contributed by atoms with E-state index in [1.807, 2.05) is 0 Å². The molecule has 100 valence electrons. The highest BCUT2D eigenvalue weighted by Gasteiger charge is 2.34. The van der Waals surface area contributed by atoms with Crippen LogP contribution in [0.25, 0.3) is 0 Å². The zero-order valence-corrected chi connectivity index (χ0v) is 10.8. The summed E-state index contributed by atoms with van der Waals surface area (Å²) in [6, 6.07) is 3.62. The number of hydrogen-bond acceptors (Lipinski definition) is 5. The van der Waals surface area contributed by atoms with Gasteiger partial charge in [0.05, 0.1) is 22.0 Å². The van der Waals surface area contributed by atoms with Gasteiger partial charge in [-0.3, -0.25) is 10.1 Å². The Morgan fingerprint density at radius 1 is 1.44 bits per heavy atom. The van der Waals surface area contributed by atoms with Gasteiger partial charge in [-0.15, -0.1) is 0 Å². The molecule has 0 saturated carbocycles. The molecule has 3 N–H and O–H groups in total. The molecule has 7 nitrogen and oxygen atoms in total. The Balaban J connectivity index is 3.77. The third-order valence-corrected chi connectivity index (χ3v) is 3.53. The molecule has 0 amide bonds. The van der Waals surface area contributed by atoms with E-state index < -0.39 is 27.0 Å². The third kappa shape index (κ3) is 2.66. The Morgan fingerprint density at radius 3 is 2.39 bits per heavy atom. The van der Waals surface area contributed by atoms with Crippen molar-refractivity contribution in [1.82, 2.24) is 0 Å². The molecule has 0 atom stereocenters. The molecule has 0 aliphatic carbocycles. The summed E-state index contributed by atoms with van der Waals surface area (Å²) in [6.45, 7) is 2.56. The topological polar surface area (TPSA) is 124 Å². The number of sulfonamides is 1. The van der Waals surface area contributed by atoms with Crippen LogP contribution < -0.4 is 5.14 Å². The largest absolute Gasteiger partial charge is 0.395 e. The molecule has 0 aliphatic heterocycles. The highest BCUT2D eigenvalue weighted by Crippen LogP contribution is 2.35. The molecule has 0 radical (unpaired) electrons. The van der Waals surface area contributed by atoms with Gasteiger partial charge in [0, 0.05) is 11.5 Å². The average Bonchev–Trinajstić information content (AvgIpc) is 2.26. The van der Waals surface area contributed by atoms with E-state index in [2.05, 4.69) is 0 Å². The van der Waals surface area contributed by atoms with Crippen LogP contribution in [-0.2, 0) is 15.4 Å². The van der Waals surface area contributed by atoms with Crippen LogP contribution in [0.4, 0.5) is 5.69 Å². The number of rotatable bonds is 4. The zero-order valence-electron chi connectivity index (χ0n) is 9.95. The standard InChI is InChI=1S/C10H14N2O5S/c1-10(2,6-13)9-7(12(14)15)4-3-5-8(9)18(11,16)17/h3-5,13H,6H2,1-2H3,(H2,11,16,17). The summed E-state index contributed by atoms with van der Waals surface area (Å²) in [4.78, 5) is 9.92. The number of nitro benzene ring substituents is 1. The van der Waals surface area contributed by atoms with Crippen LogP contribution in [0.15, 0.2) is 23.1 Å². The van der Waals surface area contributed by atoms with E-state index in [0.717, 1.165) is 0 Å². The quantitative estimate of drug-likeness (QED) is 0.611. The molecule has 0 spiro atoms. The second-order valence-electron chi connectivity index (χ2n) is 4.49. The summed E-state index contributed by atoms with van der Waals surface area (Å²) in [5, 5.41) is 25.3. The molecule has 0 heterocycles. The lowest BCUT2D eigenvalue weighted by atomic mass is 9.84. The number of hydrogen-bond donors (Lipinski definition) is 2. The molecular weight excluding hydrogens is 260 g/mol. The second-order valence-corrected chi connectivity index (χ2v) is 6.02. The smallest absolute Gasteiger partial charge is 0.274 e. The minimum Gasteiger partial charge on any atom is -0.395 e. The van der Waals surface area contributed by atoms with Gasteiger partial charge >= 0.3 is 0 Å². The first-order valence-electron chi connectivity index (χ1n) is 5.03. The van der Waals surface area contributed by atoms with Crippen LogP contribution in [0.3, 0.4) is 0 Å². The van der Waals surface area contributed by atoms with Crippen molar-refractivity contribution >= 4 is 15.7 Å². The van der Waals surface area contributed by atoms with E-state index in [1.54, 1.807) is 0 Å². The zero-order chi connectivity index (χ0) is 14.1. The Morgan fingerprint density at radius 2 is 2.00 bits per heavy atom. The SMILES string of the molecule is CC(C)(CO)c1c([N+](=O)[O-])cccc1S(N)(=O)=O. The predicted molar refractivity (Wildman–Crippen MR) is 64.6 cm³/mol. The van der Waals surface area contributed by atoms with Crippen molar-refractivity contribution in [2.75, 3.05) is 6.61 Å². The van der Waals surface area contributed by atoms with Gasteiger partial charge in [-0.1, -0.05) is 19.9 Å². The Hall–Kier alpha value is -1.51. The molecule has 8 heteroatoms. The molecule has 18 heavy (non-hydrogen) atoms. The van der Waals surface area contributed by atoms with Crippen LogP contribution >= 0.6 is 0 Å². The minimum atomic E-state index is -4.10. The minimum absolute atomic E-state index is 0.0833. The Kier molecular flexibility index (Phi) is 3.75. The number of aliphatic hydroxyl groups is 1. The van der Waals surface area contributed by atoms with Crippen LogP contribution in [0.5, 0.6) is 0 Å². The van der Waals surface area contributed by atoms with Crippen LogP contribution in [0, 0.1) is 10.1 Å². The summed E-state index contributed by atoms with van der Waals surface area (Å²) in [7, 11) is -4.10. The molecular formula is C10H14N2O5S. The van der Waals surface area contributed by atoms with E-state index in [9.17, 15) is 23.6 Å². The fourth-order valence-electron chi connectivity index (χ4n) is 1.67. The molecule has 1 aromatic rings. The lowest BCUT2D eigenvalue weighted by molar-refractivity contribution is -0.386. The lowest BCUT2D eigenvalue weighted by Gasteiger charge is -2.24. The van der Waals surface area contributed by atoms with E-state index in [4.69, 9.17) is 5.14 Å². The van der Waals surface area contributed by atoms with Gasteiger partial charge in [0.1, 0.15) is 0 Å². The number of nitrogens with two attached hydrogens (primary N) is 1. The van der Waals surface area contributed by atoms with Crippen molar-refractivity contribution in [2.45, 2.75) is 24.2 Å². The summed E-state index contributed by atoms with van der Waals surface area (Å²) in [5.74, 6) is 0. The maximum atomic E-state index is 11.5. The fraction of sp³-hybridized carbons (Fsp3) is 0.400. The third-order valence-electron chi connectivity index (χ3n) is 2.58. The second kappa shape index (κ2) is 4.63. The van der Waals surface area contributed by atoms with E-state index in [1.165, 1.54) is 32.0 Å². The van der Waals surface area contributed by atoms with Gasteiger partial charge in [-0.25, -0.2) is 13.6 Å². The highest BCUT2D eigenvalue weighted by atomic mass is 32.2. The van der Waals surface area contributed by atoms with E-state index in [-0.39, 0.29) is 16.1 Å². The van der Waals surface area contributed by atoms with Gasteiger partial charge in [0.2, 0.25) is 10.0 Å². The van der Waals surface area contributed by atoms with Crippen molar-refractivity contribution in [1.29, 1.82) is 0 Å². The lowest BCUT2D eigenvalue weighted by Crippen LogP contribution is -2.28. The summed E-state index contributed by atoms with van der Waals surface area (Å²) >= 11 is 0. The molecule has 1 aromatic carbocycles. The first-order chi connectivity index (χ1) is 8.11. The molecule has 0 saturated heterocycles. The van der Waals surface area contributed by atoms with E-state index >= 15 is 0 Å². The average molecular weight is 274 g/mol. The van der Waals surface area contributed by atoms with Gasteiger partial charge in [0.25, 0.3) is 5.69 Å². The monoisotopic (exact) mass is 274 g/mol.